The summed E-state index contributed by atoms with van der Waals surface area (Å²) in [6.45, 7) is 5.26. The first kappa shape index (κ1) is 10.9. The minimum Gasteiger partial charge on any atom is -0.397 e. The van der Waals surface area contributed by atoms with Crippen LogP contribution in [0, 0.1) is 6.92 Å². The van der Waals surface area contributed by atoms with E-state index in [9.17, 15) is 0 Å². The van der Waals surface area contributed by atoms with Gasteiger partial charge in [0.2, 0.25) is 0 Å². The smallest absolute Gasteiger partial charge is 0.0579 e. The van der Waals surface area contributed by atoms with Crippen LogP contribution in [0.1, 0.15) is 31.7 Å². The van der Waals surface area contributed by atoms with Crippen LogP contribution in [0.25, 0.3) is 0 Å². The van der Waals surface area contributed by atoms with Crippen LogP contribution in [0.5, 0.6) is 0 Å². The Morgan fingerprint density at radius 2 is 2.07 bits per heavy atom. The number of nitrogens with one attached hydrogen (secondary N) is 1. The molecule has 0 saturated carbocycles. The Morgan fingerprint density at radius 1 is 1.29 bits per heavy atom. The van der Waals surface area contributed by atoms with Gasteiger partial charge in [0.05, 0.1) is 11.4 Å². The lowest BCUT2D eigenvalue weighted by molar-refractivity contribution is 0.744. The molecule has 2 heteroatoms. The molecule has 1 aromatic carbocycles. The van der Waals surface area contributed by atoms with Crippen molar-refractivity contribution < 1.29 is 0 Å². The molecule has 1 aromatic rings. The summed E-state index contributed by atoms with van der Waals surface area (Å²) in [4.78, 5) is 0. The molecule has 0 bridgehead atoms. The van der Waals surface area contributed by atoms with Gasteiger partial charge in [-0.2, -0.15) is 0 Å². The van der Waals surface area contributed by atoms with E-state index in [0.29, 0.717) is 0 Å². The van der Waals surface area contributed by atoms with Crippen LogP contribution < -0.4 is 11.1 Å². The summed E-state index contributed by atoms with van der Waals surface area (Å²) in [5.41, 5.74) is 9.03. The Balaban J connectivity index is 2.46. The van der Waals surface area contributed by atoms with E-state index in [1.54, 1.807) is 0 Å². The van der Waals surface area contributed by atoms with Crippen LogP contribution in [-0.4, -0.2) is 6.54 Å². The molecule has 0 aliphatic heterocycles. The predicted molar refractivity (Wildman–Crippen MR) is 63.6 cm³/mol. The quantitative estimate of drug-likeness (QED) is 0.555. The first-order valence-electron chi connectivity index (χ1n) is 5.34. The van der Waals surface area contributed by atoms with Crippen molar-refractivity contribution in [2.24, 2.45) is 0 Å². The molecule has 0 aromatic heterocycles. The fourth-order valence-corrected chi connectivity index (χ4v) is 1.43. The zero-order chi connectivity index (χ0) is 10.4. The van der Waals surface area contributed by atoms with Gasteiger partial charge < -0.3 is 11.1 Å². The van der Waals surface area contributed by atoms with Crippen LogP contribution in [0.4, 0.5) is 11.4 Å². The molecule has 0 unspecified atom stereocenters. The van der Waals surface area contributed by atoms with Gasteiger partial charge >= 0.3 is 0 Å². The highest BCUT2D eigenvalue weighted by Crippen LogP contribution is 2.21. The van der Waals surface area contributed by atoms with Crippen molar-refractivity contribution in [1.29, 1.82) is 0 Å². The average Bonchev–Trinajstić information content (AvgIpc) is 2.19. The number of anilines is 2. The molecule has 0 amide bonds. The summed E-state index contributed by atoms with van der Waals surface area (Å²) in [6, 6.07) is 6.11. The highest BCUT2D eigenvalue weighted by atomic mass is 14.9. The zero-order valence-corrected chi connectivity index (χ0v) is 9.14. The molecule has 0 aliphatic carbocycles. The first-order valence-corrected chi connectivity index (χ1v) is 5.34. The van der Waals surface area contributed by atoms with E-state index in [-0.39, 0.29) is 0 Å². The summed E-state index contributed by atoms with van der Waals surface area (Å²) >= 11 is 0. The maximum atomic E-state index is 5.93. The number of unbranched alkanes of at least 4 members (excludes halogenated alkanes) is 2. The standard InChI is InChI=1S/C12H20N2/c1-3-4-5-9-14-11-8-6-7-10(2)12(11)13/h6-8,14H,3-5,9,13H2,1-2H3. The largest absolute Gasteiger partial charge is 0.397 e. The molecule has 0 saturated heterocycles. The second kappa shape index (κ2) is 5.53. The molecule has 3 N–H and O–H groups in total. The number of aryl methyl sites for hydroxylation is 1. The molecular formula is C12H20N2. The Hall–Kier alpha value is -1.18. The lowest BCUT2D eigenvalue weighted by Crippen LogP contribution is -2.04. The maximum absolute atomic E-state index is 5.93. The molecule has 1 rings (SSSR count). The molecule has 0 atom stereocenters. The zero-order valence-electron chi connectivity index (χ0n) is 9.14. The Kier molecular flexibility index (Phi) is 4.30. The third-order valence-corrected chi connectivity index (χ3v) is 2.42. The molecule has 0 spiro atoms. The fraction of sp³-hybridized carbons (Fsp3) is 0.500. The summed E-state index contributed by atoms with van der Waals surface area (Å²) in [6.07, 6.45) is 3.74. The lowest BCUT2D eigenvalue weighted by atomic mass is 10.1. The maximum Gasteiger partial charge on any atom is 0.0579 e. The Labute approximate surface area is 86.5 Å². The third-order valence-electron chi connectivity index (χ3n) is 2.42. The molecule has 14 heavy (non-hydrogen) atoms. The monoisotopic (exact) mass is 192 g/mol. The highest BCUT2D eigenvalue weighted by molar-refractivity contribution is 5.69. The van der Waals surface area contributed by atoms with Crippen molar-refractivity contribution in [3.8, 4) is 0 Å². The topological polar surface area (TPSA) is 38.0 Å². The van der Waals surface area contributed by atoms with Gasteiger partial charge in [-0.15, -0.1) is 0 Å². The molecule has 0 radical (unpaired) electrons. The van der Waals surface area contributed by atoms with Crippen molar-refractivity contribution in [3.63, 3.8) is 0 Å². The SMILES string of the molecule is CCCCCNc1cccc(C)c1N. The average molecular weight is 192 g/mol. The van der Waals surface area contributed by atoms with E-state index in [2.05, 4.69) is 12.2 Å². The third kappa shape index (κ3) is 2.95. The number of nitrogens with two attached hydrogens (primary N) is 1. The van der Waals surface area contributed by atoms with Crippen LogP contribution >= 0.6 is 0 Å². The Morgan fingerprint density at radius 3 is 2.79 bits per heavy atom. The molecule has 0 fully saturated rings. The fourth-order valence-electron chi connectivity index (χ4n) is 1.43. The van der Waals surface area contributed by atoms with Crippen LogP contribution in [0.15, 0.2) is 18.2 Å². The van der Waals surface area contributed by atoms with Crippen LogP contribution in [-0.2, 0) is 0 Å². The lowest BCUT2D eigenvalue weighted by Gasteiger charge is -2.10. The predicted octanol–water partition coefficient (Wildman–Crippen LogP) is 3.18. The summed E-state index contributed by atoms with van der Waals surface area (Å²) in [5.74, 6) is 0. The van der Waals surface area contributed by atoms with E-state index in [1.807, 2.05) is 25.1 Å². The molecule has 0 heterocycles. The minimum absolute atomic E-state index is 0.879. The summed E-state index contributed by atoms with van der Waals surface area (Å²) in [7, 11) is 0. The first-order chi connectivity index (χ1) is 6.75. The number of hydrogen-bond donors (Lipinski definition) is 2. The van der Waals surface area contributed by atoms with Crippen molar-refractivity contribution in [2.75, 3.05) is 17.6 Å². The van der Waals surface area contributed by atoms with Crippen molar-refractivity contribution in [1.82, 2.24) is 0 Å². The van der Waals surface area contributed by atoms with E-state index in [0.717, 1.165) is 23.5 Å². The second-order valence-electron chi connectivity index (χ2n) is 3.67. The number of rotatable bonds is 5. The van der Waals surface area contributed by atoms with Crippen molar-refractivity contribution >= 4 is 11.4 Å². The van der Waals surface area contributed by atoms with Gasteiger partial charge in [0, 0.05) is 6.54 Å². The molecule has 2 nitrogen and oxygen atoms in total. The van der Waals surface area contributed by atoms with Crippen molar-refractivity contribution in [2.45, 2.75) is 33.1 Å². The van der Waals surface area contributed by atoms with E-state index in [4.69, 9.17) is 5.73 Å². The van der Waals surface area contributed by atoms with Gasteiger partial charge in [-0.05, 0) is 25.0 Å². The second-order valence-corrected chi connectivity index (χ2v) is 3.67. The number of hydrogen-bond acceptors (Lipinski definition) is 2. The number of benzene rings is 1. The normalized spacial score (nSPS) is 10.1. The van der Waals surface area contributed by atoms with Crippen molar-refractivity contribution in [3.05, 3.63) is 23.8 Å². The van der Waals surface area contributed by atoms with Gasteiger partial charge in [-0.25, -0.2) is 0 Å². The summed E-state index contributed by atoms with van der Waals surface area (Å²) in [5, 5.41) is 3.36. The molecular weight excluding hydrogens is 172 g/mol. The molecule has 0 aliphatic rings. The van der Waals surface area contributed by atoms with E-state index in [1.165, 1.54) is 19.3 Å². The van der Waals surface area contributed by atoms with Crippen LogP contribution in [0.2, 0.25) is 0 Å². The highest BCUT2D eigenvalue weighted by Gasteiger charge is 1.99. The van der Waals surface area contributed by atoms with Gasteiger partial charge in [0.15, 0.2) is 0 Å². The number of nitrogen functional groups attached to an aromatic ring is 1. The molecule has 78 valence electrons. The van der Waals surface area contributed by atoms with E-state index < -0.39 is 0 Å². The number of para-hydroxylation sites is 1. The Bertz CT molecular complexity index is 282. The summed E-state index contributed by atoms with van der Waals surface area (Å²) < 4.78 is 0. The minimum atomic E-state index is 0.879. The van der Waals surface area contributed by atoms with E-state index >= 15 is 0 Å². The van der Waals surface area contributed by atoms with Gasteiger partial charge in [-0.3, -0.25) is 0 Å². The van der Waals surface area contributed by atoms with Gasteiger partial charge in [0.25, 0.3) is 0 Å². The van der Waals surface area contributed by atoms with Crippen LogP contribution in [0.3, 0.4) is 0 Å². The van der Waals surface area contributed by atoms with Gasteiger partial charge in [-0.1, -0.05) is 31.9 Å². The van der Waals surface area contributed by atoms with Gasteiger partial charge in [0.1, 0.15) is 0 Å².